The van der Waals surface area contributed by atoms with Crippen LogP contribution >= 0.6 is 0 Å². The first-order valence-corrected chi connectivity index (χ1v) is 6.14. The van der Waals surface area contributed by atoms with Gasteiger partial charge >= 0.3 is 0 Å². The van der Waals surface area contributed by atoms with E-state index in [-0.39, 0.29) is 0 Å². The minimum atomic E-state index is -2.55. The van der Waals surface area contributed by atoms with Crippen LogP contribution in [0.15, 0.2) is 42.5 Å². The summed E-state index contributed by atoms with van der Waals surface area (Å²) in [6.45, 7) is -0.209. The van der Waals surface area contributed by atoms with Gasteiger partial charge in [0, 0.05) is 22.0 Å². The molecule has 0 saturated carbocycles. The SMILES string of the molecule is [2H]C(C)(C)NC([2H])([2H])C([2H])(O)COc1cccc2ccccc12. The summed E-state index contributed by atoms with van der Waals surface area (Å²) < 4.78 is 36.7. The predicted octanol–water partition coefficient (Wildman–Crippen LogP) is 2.58. The van der Waals surface area contributed by atoms with E-state index in [0.29, 0.717) is 5.75 Å². The van der Waals surface area contributed by atoms with Crippen LogP contribution in [0.1, 0.15) is 19.3 Å². The Morgan fingerprint density at radius 1 is 1.26 bits per heavy atom. The van der Waals surface area contributed by atoms with Gasteiger partial charge in [0.1, 0.15) is 18.4 Å². The Morgan fingerprint density at radius 2 is 2.00 bits per heavy atom. The van der Waals surface area contributed by atoms with Gasteiger partial charge in [0.25, 0.3) is 0 Å². The van der Waals surface area contributed by atoms with Gasteiger partial charge in [0.05, 0.1) is 1.37 Å². The molecular formula is C16H21NO2. The molecule has 0 fully saturated rings. The normalized spacial score (nSPS) is 18.9. The van der Waals surface area contributed by atoms with Crippen molar-refractivity contribution in [1.82, 2.24) is 5.32 Å². The molecule has 0 aliphatic rings. The fourth-order valence-electron chi connectivity index (χ4n) is 1.70. The molecule has 102 valence electrons. The number of aliphatic hydroxyl groups is 1. The highest BCUT2D eigenvalue weighted by atomic mass is 16.5. The summed E-state index contributed by atoms with van der Waals surface area (Å²) in [5.41, 5.74) is 0. The maximum Gasteiger partial charge on any atom is 0.127 e. The maximum absolute atomic E-state index is 10.2. The Kier molecular flexibility index (Phi) is 3.22. The van der Waals surface area contributed by atoms with Crippen molar-refractivity contribution in [3.8, 4) is 5.75 Å². The summed E-state index contributed by atoms with van der Waals surface area (Å²) in [7, 11) is 0. The molecule has 0 aliphatic carbocycles. The van der Waals surface area contributed by atoms with E-state index in [1.807, 2.05) is 30.3 Å². The lowest BCUT2D eigenvalue weighted by molar-refractivity contribution is 0.105. The van der Waals surface area contributed by atoms with Crippen molar-refractivity contribution in [2.24, 2.45) is 0 Å². The molecule has 2 aromatic carbocycles. The summed E-state index contributed by atoms with van der Waals surface area (Å²) in [5.74, 6) is 0.467. The lowest BCUT2D eigenvalue weighted by Crippen LogP contribution is -2.35. The average Bonchev–Trinajstić information content (AvgIpc) is 2.42. The van der Waals surface area contributed by atoms with Crippen molar-refractivity contribution in [3.63, 3.8) is 0 Å². The van der Waals surface area contributed by atoms with Crippen molar-refractivity contribution < 1.29 is 15.3 Å². The van der Waals surface area contributed by atoms with Crippen molar-refractivity contribution in [2.75, 3.05) is 13.1 Å². The summed E-state index contributed by atoms with van der Waals surface area (Å²) in [5, 5.41) is 14.2. The van der Waals surface area contributed by atoms with Gasteiger partial charge in [-0.1, -0.05) is 50.2 Å². The minimum Gasteiger partial charge on any atom is -0.490 e. The zero-order valence-electron chi connectivity index (χ0n) is 15.1. The van der Waals surface area contributed by atoms with E-state index in [9.17, 15) is 5.11 Å². The molecular weight excluding hydrogens is 238 g/mol. The molecule has 3 nitrogen and oxygen atoms in total. The quantitative estimate of drug-likeness (QED) is 0.841. The van der Waals surface area contributed by atoms with Crippen LogP contribution in [-0.2, 0) is 0 Å². The van der Waals surface area contributed by atoms with E-state index in [4.69, 9.17) is 10.2 Å². The first kappa shape index (κ1) is 9.34. The molecule has 19 heavy (non-hydrogen) atoms. The van der Waals surface area contributed by atoms with Gasteiger partial charge in [-0.2, -0.15) is 0 Å². The monoisotopic (exact) mass is 263 g/mol. The first-order chi connectivity index (χ1) is 10.5. The van der Waals surface area contributed by atoms with Crippen LogP contribution in [0.3, 0.4) is 0 Å². The van der Waals surface area contributed by atoms with Crippen molar-refractivity contribution in [3.05, 3.63) is 42.5 Å². The van der Waals surface area contributed by atoms with Crippen molar-refractivity contribution >= 4 is 10.8 Å². The van der Waals surface area contributed by atoms with E-state index in [1.165, 1.54) is 13.8 Å². The molecule has 3 heteroatoms. The van der Waals surface area contributed by atoms with Gasteiger partial charge in [-0.25, -0.2) is 0 Å². The molecule has 2 N–H and O–H groups in total. The fraction of sp³-hybridized carbons (Fsp3) is 0.375. The van der Waals surface area contributed by atoms with E-state index < -0.39 is 25.2 Å². The maximum atomic E-state index is 10.2. The largest absolute Gasteiger partial charge is 0.490 e. The number of nitrogens with one attached hydrogen (secondary N) is 1. The Balaban J connectivity index is 2.18. The van der Waals surface area contributed by atoms with E-state index in [2.05, 4.69) is 5.32 Å². The van der Waals surface area contributed by atoms with E-state index in [0.717, 1.165) is 10.8 Å². The number of ether oxygens (including phenoxy) is 1. The topological polar surface area (TPSA) is 41.5 Å². The standard InChI is InChI=1S/C16H21NO2/c1-12(2)17-10-14(18)11-19-16-9-5-7-13-6-3-4-8-15(13)16/h3-9,12,14,17-18H,10-11H2,1-2H3/i10D2,12D,14D. The first-order valence-electron chi connectivity index (χ1n) is 8.14. The number of benzene rings is 2. The Bertz CT molecular complexity index is 678. The lowest BCUT2D eigenvalue weighted by Gasteiger charge is -2.15. The molecule has 0 aliphatic heterocycles. The Hall–Kier alpha value is -1.58. The Labute approximate surface area is 119 Å². The third-order valence-corrected chi connectivity index (χ3v) is 2.57. The van der Waals surface area contributed by atoms with Crippen LogP contribution < -0.4 is 10.1 Å². The van der Waals surface area contributed by atoms with Gasteiger partial charge < -0.3 is 15.2 Å². The molecule has 0 aromatic heterocycles. The molecule has 0 heterocycles. The van der Waals surface area contributed by atoms with Crippen LogP contribution in [0.2, 0.25) is 0 Å². The zero-order chi connectivity index (χ0) is 17.3. The molecule has 0 bridgehead atoms. The number of rotatable bonds is 6. The number of hydrogen-bond acceptors (Lipinski definition) is 3. The smallest absolute Gasteiger partial charge is 0.127 e. The molecule has 0 spiro atoms. The van der Waals surface area contributed by atoms with Crippen LogP contribution in [0.5, 0.6) is 5.75 Å². The fourth-order valence-corrected chi connectivity index (χ4v) is 1.70. The molecule has 2 aromatic rings. The third-order valence-electron chi connectivity index (χ3n) is 2.57. The minimum absolute atomic E-state index is 0.467. The highest BCUT2D eigenvalue weighted by Gasteiger charge is 2.07. The third kappa shape index (κ3) is 3.94. The predicted molar refractivity (Wildman–Crippen MR) is 78.6 cm³/mol. The number of hydrogen-bond donors (Lipinski definition) is 2. The highest BCUT2D eigenvalue weighted by molar-refractivity contribution is 5.88. The van der Waals surface area contributed by atoms with Crippen LogP contribution in [-0.4, -0.2) is 30.3 Å². The lowest BCUT2D eigenvalue weighted by atomic mass is 10.1. The molecule has 0 saturated heterocycles. The van der Waals surface area contributed by atoms with Gasteiger partial charge in [-0.3, -0.25) is 0 Å². The molecule has 1 atom stereocenters. The molecule has 1 unspecified atom stereocenters. The second-order valence-electron chi connectivity index (χ2n) is 4.46. The van der Waals surface area contributed by atoms with Crippen molar-refractivity contribution in [1.29, 1.82) is 0 Å². The summed E-state index contributed by atoms with van der Waals surface area (Å²) in [4.78, 5) is 0. The second kappa shape index (κ2) is 6.55. The summed E-state index contributed by atoms with van der Waals surface area (Å²) in [6.07, 6.45) is -2.55. The van der Waals surface area contributed by atoms with E-state index >= 15 is 0 Å². The summed E-state index contributed by atoms with van der Waals surface area (Å²) >= 11 is 0. The van der Waals surface area contributed by atoms with Crippen molar-refractivity contribution in [2.45, 2.75) is 25.9 Å². The molecule has 0 radical (unpaired) electrons. The number of fused-ring (bicyclic) bond motifs is 1. The van der Waals surface area contributed by atoms with Gasteiger partial charge in [-0.05, 0) is 11.5 Å². The summed E-state index contributed by atoms with van der Waals surface area (Å²) in [6, 6.07) is 11.6. The zero-order valence-corrected chi connectivity index (χ0v) is 11.1. The van der Waals surface area contributed by atoms with E-state index in [1.54, 1.807) is 12.1 Å². The van der Waals surface area contributed by atoms with Crippen LogP contribution in [0, 0.1) is 0 Å². The van der Waals surface area contributed by atoms with Crippen LogP contribution in [0.25, 0.3) is 10.8 Å². The van der Waals surface area contributed by atoms with Gasteiger partial charge in [0.2, 0.25) is 0 Å². The average molecular weight is 263 g/mol. The molecule has 0 amide bonds. The van der Waals surface area contributed by atoms with Gasteiger partial charge in [0.15, 0.2) is 0 Å². The Morgan fingerprint density at radius 3 is 2.79 bits per heavy atom. The molecule has 2 rings (SSSR count). The van der Waals surface area contributed by atoms with Gasteiger partial charge in [-0.15, -0.1) is 0 Å². The highest BCUT2D eigenvalue weighted by Crippen LogP contribution is 2.25. The van der Waals surface area contributed by atoms with Crippen LogP contribution in [0.4, 0.5) is 0 Å². The second-order valence-corrected chi connectivity index (χ2v) is 4.46.